The molecule has 0 aliphatic heterocycles. The average Bonchev–Trinajstić information content (AvgIpc) is 2.90. The Labute approximate surface area is 157 Å². The van der Waals surface area contributed by atoms with Gasteiger partial charge in [0.25, 0.3) is 0 Å². The molecule has 0 amide bonds. The molecular weight excluding hydrogens is 347 g/mol. The summed E-state index contributed by atoms with van der Waals surface area (Å²) in [7, 11) is 1.62. The summed E-state index contributed by atoms with van der Waals surface area (Å²) >= 11 is 0. The van der Waals surface area contributed by atoms with Gasteiger partial charge in [0, 0.05) is 19.0 Å². The summed E-state index contributed by atoms with van der Waals surface area (Å²) in [6, 6.07) is 12.3. The van der Waals surface area contributed by atoms with E-state index < -0.39 is 11.4 Å². The van der Waals surface area contributed by atoms with Crippen molar-refractivity contribution in [2.75, 3.05) is 7.11 Å². The fourth-order valence-corrected chi connectivity index (χ4v) is 3.28. The molecule has 0 atom stereocenters. The number of rotatable bonds is 7. The Hall–Kier alpha value is -2.89. The number of carboxylic acid groups (broad SMARTS) is 1. The number of carbonyl (C=O) groups is 1. The molecule has 0 spiro atoms. The van der Waals surface area contributed by atoms with Crippen LogP contribution in [0.4, 0.5) is 4.39 Å². The van der Waals surface area contributed by atoms with Crippen LogP contribution in [-0.4, -0.2) is 27.7 Å². The van der Waals surface area contributed by atoms with Crippen LogP contribution in [0.1, 0.15) is 31.7 Å². The van der Waals surface area contributed by atoms with Gasteiger partial charge >= 0.3 is 5.97 Å². The van der Waals surface area contributed by atoms with Gasteiger partial charge in [0.1, 0.15) is 17.4 Å². The summed E-state index contributed by atoms with van der Waals surface area (Å²) < 4.78 is 20.9. The number of nitrogens with zero attached hydrogens (tertiary/aromatic N) is 2. The van der Waals surface area contributed by atoms with Gasteiger partial charge in [0.05, 0.1) is 24.6 Å². The number of fused-ring (bicyclic) bond motifs is 1. The molecule has 0 saturated heterocycles. The van der Waals surface area contributed by atoms with Crippen molar-refractivity contribution in [2.45, 2.75) is 33.2 Å². The third-order valence-electron chi connectivity index (χ3n) is 4.56. The first-order chi connectivity index (χ1) is 12.8. The summed E-state index contributed by atoms with van der Waals surface area (Å²) in [5, 5.41) is 9.17. The van der Waals surface area contributed by atoms with E-state index in [4.69, 9.17) is 9.84 Å². The fourth-order valence-electron chi connectivity index (χ4n) is 3.28. The van der Waals surface area contributed by atoms with Crippen molar-refractivity contribution in [1.29, 1.82) is 0 Å². The minimum Gasteiger partial charge on any atom is -0.497 e. The molecule has 27 heavy (non-hydrogen) atoms. The molecule has 1 aromatic heterocycles. The molecule has 3 rings (SSSR count). The lowest BCUT2D eigenvalue weighted by atomic mass is 9.85. The fraction of sp³-hybridized carbons (Fsp3) is 0.333. The van der Waals surface area contributed by atoms with Crippen LogP contribution in [-0.2, 0) is 17.8 Å². The molecule has 0 aliphatic carbocycles. The molecule has 0 radical (unpaired) electrons. The monoisotopic (exact) mass is 370 g/mol. The Morgan fingerprint density at radius 3 is 2.56 bits per heavy atom. The Morgan fingerprint density at radius 2 is 1.93 bits per heavy atom. The van der Waals surface area contributed by atoms with E-state index in [9.17, 15) is 9.18 Å². The summed E-state index contributed by atoms with van der Waals surface area (Å²) in [4.78, 5) is 15.8. The largest absolute Gasteiger partial charge is 0.497 e. The third kappa shape index (κ3) is 4.45. The van der Waals surface area contributed by atoms with Gasteiger partial charge < -0.3 is 14.4 Å². The molecule has 0 saturated carbocycles. The molecule has 1 heterocycles. The molecule has 2 aromatic carbocycles. The van der Waals surface area contributed by atoms with Crippen LogP contribution >= 0.6 is 0 Å². The van der Waals surface area contributed by atoms with Gasteiger partial charge in [-0.2, -0.15) is 0 Å². The Kier molecular flexibility index (Phi) is 5.17. The van der Waals surface area contributed by atoms with Crippen molar-refractivity contribution >= 4 is 17.0 Å². The first-order valence-electron chi connectivity index (χ1n) is 8.77. The molecule has 0 bridgehead atoms. The number of methoxy groups -OCH3 is 1. The molecule has 142 valence electrons. The number of carboxylic acids is 1. The van der Waals surface area contributed by atoms with Crippen LogP contribution in [0.15, 0.2) is 42.5 Å². The average molecular weight is 370 g/mol. The van der Waals surface area contributed by atoms with Crippen molar-refractivity contribution in [3.63, 3.8) is 0 Å². The lowest BCUT2D eigenvalue weighted by Gasteiger charge is -2.22. The smallest absolute Gasteiger partial charge is 0.303 e. The number of ether oxygens (including phenoxy) is 1. The minimum atomic E-state index is -0.844. The van der Waals surface area contributed by atoms with Gasteiger partial charge in [-0.3, -0.25) is 4.79 Å². The molecular formula is C21H23FN2O3. The number of aliphatic carboxylic acids is 1. The number of hydrogen-bond acceptors (Lipinski definition) is 3. The van der Waals surface area contributed by atoms with Gasteiger partial charge in [0.2, 0.25) is 0 Å². The van der Waals surface area contributed by atoms with Crippen LogP contribution in [0.25, 0.3) is 11.0 Å². The maximum Gasteiger partial charge on any atom is 0.303 e. The zero-order valence-electron chi connectivity index (χ0n) is 15.7. The van der Waals surface area contributed by atoms with Crippen molar-refractivity contribution in [2.24, 2.45) is 5.41 Å². The Balaban J connectivity index is 2.01. The van der Waals surface area contributed by atoms with Gasteiger partial charge in [-0.15, -0.1) is 0 Å². The van der Waals surface area contributed by atoms with Crippen LogP contribution in [0, 0.1) is 11.2 Å². The van der Waals surface area contributed by atoms with Crippen molar-refractivity contribution in [3.05, 3.63) is 59.7 Å². The SMILES string of the molecule is COc1ccc(Cn2c(CC(C)(C)CC(=O)O)nc3cc(F)ccc32)cc1. The third-order valence-corrected chi connectivity index (χ3v) is 4.56. The molecule has 6 heteroatoms. The maximum atomic E-state index is 13.7. The van der Waals surface area contributed by atoms with E-state index >= 15 is 0 Å². The second kappa shape index (κ2) is 7.39. The van der Waals surface area contributed by atoms with E-state index in [1.807, 2.05) is 42.7 Å². The number of aromatic nitrogens is 2. The highest BCUT2D eigenvalue weighted by Gasteiger charge is 2.25. The number of hydrogen-bond donors (Lipinski definition) is 1. The van der Waals surface area contributed by atoms with E-state index in [1.54, 1.807) is 13.2 Å². The highest BCUT2D eigenvalue weighted by molar-refractivity contribution is 5.76. The zero-order chi connectivity index (χ0) is 19.6. The van der Waals surface area contributed by atoms with Gasteiger partial charge in [-0.05, 0) is 35.2 Å². The first kappa shape index (κ1) is 18.9. The normalized spacial score (nSPS) is 11.7. The van der Waals surface area contributed by atoms with E-state index in [0.717, 1.165) is 22.7 Å². The van der Waals surface area contributed by atoms with Crippen molar-refractivity contribution < 1.29 is 19.0 Å². The molecule has 3 aromatic rings. The predicted octanol–water partition coefficient (Wildman–Crippen LogP) is 4.28. The minimum absolute atomic E-state index is 0.0348. The molecule has 5 nitrogen and oxygen atoms in total. The second-order valence-electron chi connectivity index (χ2n) is 7.51. The Morgan fingerprint density at radius 1 is 1.22 bits per heavy atom. The van der Waals surface area contributed by atoms with E-state index in [0.29, 0.717) is 18.5 Å². The summed E-state index contributed by atoms with van der Waals surface area (Å²) in [6.45, 7) is 4.36. The highest BCUT2D eigenvalue weighted by atomic mass is 19.1. The lowest BCUT2D eigenvalue weighted by molar-refractivity contribution is -0.139. The van der Waals surface area contributed by atoms with Gasteiger partial charge in [-0.25, -0.2) is 9.37 Å². The van der Waals surface area contributed by atoms with Crippen molar-refractivity contribution in [3.8, 4) is 5.75 Å². The number of halogens is 1. The molecule has 0 aliphatic rings. The lowest BCUT2D eigenvalue weighted by Crippen LogP contribution is -2.22. The number of benzene rings is 2. The van der Waals surface area contributed by atoms with E-state index in [2.05, 4.69) is 4.98 Å². The predicted molar refractivity (Wildman–Crippen MR) is 102 cm³/mol. The van der Waals surface area contributed by atoms with Crippen LogP contribution in [0.3, 0.4) is 0 Å². The molecule has 1 N–H and O–H groups in total. The zero-order valence-corrected chi connectivity index (χ0v) is 15.7. The number of imidazole rings is 1. The quantitative estimate of drug-likeness (QED) is 0.674. The van der Waals surface area contributed by atoms with E-state index in [1.165, 1.54) is 12.1 Å². The topological polar surface area (TPSA) is 64.3 Å². The standard InChI is InChI=1S/C21H23FN2O3/c1-21(2,12-20(25)26)11-19-23-17-10-15(22)6-9-18(17)24(19)13-14-4-7-16(27-3)8-5-14/h4-10H,11-13H2,1-3H3,(H,25,26). The van der Waals surface area contributed by atoms with E-state index in [-0.39, 0.29) is 12.2 Å². The Bertz CT molecular complexity index is 961. The maximum absolute atomic E-state index is 13.7. The van der Waals surface area contributed by atoms with Gasteiger partial charge in [0.15, 0.2) is 0 Å². The summed E-state index contributed by atoms with van der Waals surface area (Å²) in [5.41, 5.74) is 1.98. The van der Waals surface area contributed by atoms with Crippen LogP contribution in [0.5, 0.6) is 5.75 Å². The second-order valence-corrected chi connectivity index (χ2v) is 7.51. The summed E-state index contributed by atoms with van der Waals surface area (Å²) in [5.74, 6) is 0.341. The van der Waals surface area contributed by atoms with Crippen LogP contribution in [0.2, 0.25) is 0 Å². The first-order valence-corrected chi connectivity index (χ1v) is 8.77. The summed E-state index contributed by atoms with van der Waals surface area (Å²) in [6.07, 6.45) is 0.513. The molecule has 0 fully saturated rings. The highest BCUT2D eigenvalue weighted by Crippen LogP contribution is 2.29. The van der Waals surface area contributed by atoms with Crippen molar-refractivity contribution in [1.82, 2.24) is 9.55 Å². The van der Waals surface area contributed by atoms with Crippen LogP contribution < -0.4 is 4.74 Å². The molecule has 0 unspecified atom stereocenters. The van der Waals surface area contributed by atoms with Gasteiger partial charge in [-0.1, -0.05) is 26.0 Å².